The monoisotopic (exact) mass is 352 g/mol. The van der Waals surface area contributed by atoms with Gasteiger partial charge in [0.25, 0.3) is 0 Å². The summed E-state index contributed by atoms with van der Waals surface area (Å²) < 4.78 is 4.36. The van der Waals surface area contributed by atoms with E-state index in [1.807, 2.05) is 0 Å². The lowest BCUT2D eigenvalue weighted by Gasteiger charge is -2.21. The Morgan fingerprint density at radius 3 is 1.20 bits per heavy atom. The van der Waals surface area contributed by atoms with Crippen LogP contribution in [-0.4, -0.2) is 11.9 Å². The molecular formula is C22H40O3. The number of cyclic esters (lactones) is 2. The fraction of sp³-hybridized carbons (Fsp3) is 0.909. The van der Waals surface area contributed by atoms with Gasteiger partial charge in [0.2, 0.25) is 0 Å². The summed E-state index contributed by atoms with van der Waals surface area (Å²) in [6, 6.07) is 0. The summed E-state index contributed by atoms with van der Waals surface area (Å²) in [5.41, 5.74) is 0. The quantitative estimate of drug-likeness (QED) is 0.156. The third-order valence-electron chi connectivity index (χ3n) is 5.37. The van der Waals surface area contributed by atoms with Crippen LogP contribution in [-0.2, 0) is 14.3 Å². The first-order chi connectivity index (χ1) is 12.3. The van der Waals surface area contributed by atoms with Crippen LogP contribution >= 0.6 is 0 Å². The van der Waals surface area contributed by atoms with Crippen molar-refractivity contribution in [1.29, 1.82) is 0 Å². The van der Waals surface area contributed by atoms with E-state index in [4.69, 9.17) is 0 Å². The molecule has 0 amide bonds. The molecule has 0 atom stereocenters. The average molecular weight is 353 g/mol. The fourth-order valence-corrected chi connectivity index (χ4v) is 3.59. The zero-order chi connectivity index (χ0) is 18.2. The first-order valence-corrected chi connectivity index (χ1v) is 11.0. The van der Waals surface area contributed by atoms with Crippen molar-refractivity contribution in [2.45, 2.75) is 122 Å². The van der Waals surface area contributed by atoms with Gasteiger partial charge in [0.05, 0.1) is 0 Å². The fourth-order valence-electron chi connectivity index (χ4n) is 3.59. The van der Waals surface area contributed by atoms with Gasteiger partial charge < -0.3 is 4.74 Å². The van der Waals surface area contributed by atoms with Gasteiger partial charge in [0, 0.05) is 0 Å². The van der Waals surface area contributed by atoms with Crippen LogP contribution in [0.1, 0.15) is 122 Å². The Bertz CT molecular complexity index is 337. The molecule has 146 valence electrons. The second-order valence-electron chi connectivity index (χ2n) is 7.74. The summed E-state index contributed by atoms with van der Waals surface area (Å²) in [5, 5.41) is 0. The van der Waals surface area contributed by atoms with Gasteiger partial charge in [-0.1, -0.05) is 116 Å². The van der Waals surface area contributed by atoms with Crippen LogP contribution in [0.4, 0.5) is 0 Å². The van der Waals surface area contributed by atoms with Gasteiger partial charge in [-0.3, -0.25) is 9.59 Å². The van der Waals surface area contributed by atoms with Gasteiger partial charge in [0.15, 0.2) is 5.92 Å². The van der Waals surface area contributed by atoms with Crippen LogP contribution in [0.3, 0.4) is 0 Å². The Morgan fingerprint density at radius 2 is 0.880 bits per heavy atom. The molecule has 0 unspecified atom stereocenters. The molecule has 3 nitrogen and oxygen atoms in total. The van der Waals surface area contributed by atoms with Gasteiger partial charge >= 0.3 is 11.9 Å². The van der Waals surface area contributed by atoms with Crippen LogP contribution in [0.25, 0.3) is 0 Å². The third kappa shape index (κ3) is 11.4. The summed E-state index contributed by atoms with van der Waals surface area (Å²) >= 11 is 0. The predicted molar refractivity (Wildman–Crippen MR) is 103 cm³/mol. The molecule has 3 heteroatoms. The minimum atomic E-state index is -0.434. The molecule has 0 saturated carbocycles. The van der Waals surface area contributed by atoms with E-state index in [9.17, 15) is 9.59 Å². The summed E-state index contributed by atoms with van der Waals surface area (Å²) in [7, 11) is 0. The average Bonchev–Trinajstić information content (AvgIpc) is 2.60. The highest BCUT2D eigenvalue weighted by Crippen LogP contribution is 2.22. The summed E-state index contributed by atoms with van der Waals surface area (Å²) in [4.78, 5) is 22.0. The first kappa shape index (κ1) is 22.2. The van der Waals surface area contributed by atoms with Crippen LogP contribution in [0.2, 0.25) is 0 Å². The predicted octanol–water partition coefficient (Wildman–Crippen LogP) is 6.73. The molecule has 1 aliphatic rings. The van der Waals surface area contributed by atoms with Crippen molar-refractivity contribution in [3.63, 3.8) is 0 Å². The van der Waals surface area contributed by atoms with Gasteiger partial charge in [-0.2, -0.15) is 0 Å². The number of hydrogen-bond acceptors (Lipinski definition) is 3. The molecule has 0 aromatic heterocycles. The lowest BCUT2D eigenvalue weighted by Crippen LogP contribution is -2.40. The van der Waals surface area contributed by atoms with Crippen LogP contribution < -0.4 is 0 Å². The smallest absolute Gasteiger partial charge is 0.328 e. The molecule has 1 fully saturated rings. The zero-order valence-electron chi connectivity index (χ0n) is 16.5. The van der Waals surface area contributed by atoms with Crippen molar-refractivity contribution >= 4 is 11.9 Å². The molecule has 25 heavy (non-hydrogen) atoms. The maximum absolute atomic E-state index is 11.0. The van der Waals surface area contributed by atoms with E-state index < -0.39 is 5.92 Å². The van der Waals surface area contributed by atoms with Gasteiger partial charge in [-0.05, 0) is 6.42 Å². The van der Waals surface area contributed by atoms with E-state index in [1.165, 1.54) is 96.3 Å². The van der Waals surface area contributed by atoms with E-state index in [0.717, 1.165) is 12.8 Å². The first-order valence-electron chi connectivity index (χ1n) is 11.0. The number of hydrogen-bond donors (Lipinski definition) is 0. The SMILES string of the molecule is CCCCCCCCCCCCCCCCCCCC1C(=O)OC1=O. The molecule has 1 aliphatic heterocycles. The van der Waals surface area contributed by atoms with E-state index in [-0.39, 0.29) is 11.9 Å². The lowest BCUT2D eigenvalue weighted by molar-refractivity contribution is -0.184. The van der Waals surface area contributed by atoms with E-state index >= 15 is 0 Å². The Labute approximate surface area is 155 Å². The van der Waals surface area contributed by atoms with Crippen molar-refractivity contribution in [2.24, 2.45) is 5.92 Å². The highest BCUT2D eigenvalue weighted by atomic mass is 16.6. The summed E-state index contributed by atoms with van der Waals surface area (Å²) in [6.07, 6.45) is 23.6. The number of unbranched alkanes of at least 4 members (excludes halogenated alkanes) is 16. The molecule has 0 spiro atoms. The molecule has 0 aromatic carbocycles. The molecule has 1 heterocycles. The Kier molecular flexibility index (Phi) is 13.7. The molecule has 0 N–H and O–H groups in total. The second-order valence-corrected chi connectivity index (χ2v) is 7.74. The largest absolute Gasteiger partial charge is 0.392 e. The third-order valence-corrected chi connectivity index (χ3v) is 5.37. The minimum Gasteiger partial charge on any atom is -0.392 e. The van der Waals surface area contributed by atoms with Gasteiger partial charge in [-0.25, -0.2) is 0 Å². The van der Waals surface area contributed by atoms with Gasteiger partial charge in [-0.15, -0.1) is 0 Å². The van der Waals surface area contributed by atoms with Crippen LogP contribution in [0, 0.1) is 5.92 Å². The summed E-state index contributed by atoms with van der Waals surface area (Å²) in [6.45, 7) is 2.28. The number of carbonyl (C=O) groups is 2. The zero-order valence-corrected chi connectivity index (χ0v) is 16.5. The standard InChI is InChI=1S/C22H40O3/c1-2-3-4-5-6-7-8-9-10-11-12-13-14-15-16-17-18-19-20-21(23)25-22(20)24/h20H,2-19H2,1H3. The van der Waals surface area contributed by atoms with Crippen LogP contribution in [0.15, 0.2) is 0 Å². The molecule has 1 rings (SSSR count). The van der Waals surface area contributed by atoms with Crippen molar-refractivity contribution < 1.29 is 14.3 Å². The molecule has 0 aromatic rings. The maximum Gasteiger partial charge on any atom is 0.328 e. The highest BCUT2D eigenvalue weighted by Gasteiger charge is 2.40. The van der Waals surface area contributed by atoms with Crippen molar-refractivity contribution in [3.05, 3.63) is 0 Å². The Morgan fingerprint density at radius 1 is 0.560 bits per heavy atom. The molecular weight excluding hydrogens is 312 g/mol. The minimum absolute atomic E-state index is 0.318. The van der Waals surface area contributed by atoms with E-state index in [2.05, 4.69) is 11.7 Å². The number of carbonyl (C=O) groups excluding carboxylic acids is 2. The molecule has 0 aliphatic carbocycles. The lowest BCUT2D eigenvalue weighted by atomic mass is 9.97. The van der Waals surface area contributed by atoms with E-state index in [0.29, 0.717) is 6.42 Å². The molecule has 1 saturated heterocycles. The number of ether oxygens (including phenoxy) is 1. The summed E-state index contributed by atoms with van der Waals surface area (Å²) in [5.74, 6) is -1.07. The molecule has 0 radical (unpaired) electrons. The van der Waals surface area contributed by atoms with Crippen molar-refractivity contribution in [1.82, 2.24) is 0 Å². The molecule has 0 bridgehead atoms. The van der Waals surface area contributed by atoms with Crippen molar-refractivity contribution in [2.75, 3.05) is 0 Å². The number of esters is 2. The highest BCUT2D eigenvalue weighted by molar-refractivity contribution is 6.09. The topological polar surface area (TPSA) is 43.4 Å². The number of rotatable bonds is 18. The van der Waals surface area contributed by atoms with Crippen molar-refractivity contribution in [3.8, 4) is 0 Å². The second kappa shape index (κ2) is 15.4. The maximum atomic E-state index is 11.0. The van der Waals surface area contributed by atoms with Crippen LogP contribution in [0.5, 0.6) is 0 Å². The van der Waals surface area contributed by atoms with E-state index in [1.54, 1.807) is 0 Å². The Hall–Kier alpha value is -0.860. The normalized spacial score (nSPS) is 14.6. The van der Waals surface area contributed by atoms with Gasteiger partial charge in [0.1, 0.15) is 0 Å². The Balaban J connectivity index is 1.68.